The lowest BCUT2D eigenvalue weighted by atomic mass is 9.86. The normalized spacial score (nSPS) is 11.4. The van der Waals surface area contributed by atoms with Crippen LogP contribution < -0.4 is 15.7 Å². The maximum atomic E-state index is 13.2. The van der Waals surface area contributed by atoms with Crippen LogP contribution in [0.15, 0.2) is 63.1 Å². The van der Waals surface area contributed by atoms with E-state index in [2.05, 4.69) is 26.1 Å². The van der Waals surface area contributed by atoms with Crippen molar-refractivity contribution in [2.24, 2.45) is 0 Å². The predicted molar refractivity (Wildman–Crippen MR) is 146 cm³/mol. The fourth-order valence-corrected chi connectivity index (χ4v) is 4.84. The summed E-state index contributed by atoms with van der Waals surface area (Å²) < 4.78 is 16.1. The summed E-state index contributed by atoms with van der Waals surface area (Å²) in [7, 11) is 1.47. The minimum atomic E-state index is -0.806. The first kappa shape index (κ1) is 26.2. The number of para-hydroxylation sites is 1. The van der Waals surface area contributed by atoms with Gasteiger partial charge in [-0.15, -0.1) is 11.3 Å². The van der Waals surface area contributed by atoms with Gasteiger partial charge in [-0.2, -0.15) is 0 Å². The largest absolute Gasteiger partial charge is 0.493 e. The standard InChI is InChI=1S/C29H29NO6S/c1-6-14-35-28(33)23-21(17-10-12-19(13-11-17)29(2,3)4)16-37-26(23)30-25(31)20-15-18-8-7-9-22(34-5)24(18)36-27(20)32/h7-13,15-16H,6,14H2,1-5H3,(H,30,31). The summed E-state index contributed by atoms with van der Waals surface area (Å²) in [5.41, 5.74) is 2.14. The first-order valence-electron chi connectivity index (χ1n) is 12.0. The summed E-state index contributed by atoms with van der Waals surface area (Å²) in [6, 6.07) is 14.5. The van der Waals surface area contributed by atoms with E-state index in [1.165, 1.54) is 24.5 Å². The number of thiophene rings is 1. The zero-order valence-corrected chi connectivity index (χ0v) is 22.3. The van der Waals surface area contributed by atoms with E-state index in [-0.39, 0.29) is 28.7 Å². The maximum absolute atomic E-state index is 13.2. The number of carbonyl (C=O) groups is 2. The molecular formula is C29H29NO6S. The molecule has 2 heterocycles. The van der Waals surface area contributed by atoms with Crippen molar-refractivity contribution >= 4 is 39.2 Å². The van der Waals surface area contributed by atoms with Gasteiger partial charge < -0.3 is 19.2 Å². The van der Waals surface area contributed by atoms with Crippen LogP contribution in [0.1, 0.15) is 60.4 Å². The lowest BCUT2D eigenvalue weighted by Crippen LogP contribution is -2.21. The van der Waals surface area contributed by atoms with Gasteiger partial charge in [0.25, 0.3) is 5.91 Å². The molecule has 37 heavy (non-hydrogen) atoms. The molecule has 1 N–H and O–H groups in total. The van der Waals surface area contributed by atoms with Crippen molar-refractivity contribution < 1.29 is 23.5 Å². The molecule has 7 nitrogen and oxygen atoms in total. The number of amides is 1. The molecule has 4 aromatic rings. The Bertz CT molecular complexity index is 1510. The van der Waals surface area contributed by atoms with Crippen molar-refractivity contribution in [2.45, 2.75) is 39.5 Å². The van der Waals surface area contributed by atoms with Gasteiger partial charge in [0.15, 0.2) is 11.3 Å². The Morgan fingerprint density at radius 2 is 1.81 bits per heavy atom. The number of anilines is 1. The number of hydrogen-bond acceptors (Lipinski definition) is 7. The molecule has 0 fully saturated rings. The Kier molecular flexibility index (Phi) is 7.50. The number of fused-ring (bicyclic) bond motifs is 1. The van der Waals surface area contributed by atoms with Crippen LogP contribution in [0.2, 0.25) is 0 Å². The predicted octanol–water partition coefficient (Wildman–Crippen LogP) is 6.65. The molecular weight excluding hydrogens is 490 g/mol. The fourth-order valence-electron chi connectivity index (χ4n) is 3.89. The minimum absolute atomic E-state index is 0.0137. The van der Waals surface area contributed by atoms with Gasteiger partial charge in [0.2, 0.25) is 0 Å². The SMILES string of the molecule is CCCOC(=O)c1c(-c2ccc(C(C)(C)C)cc2)csc1NC(=O)c1cc2cccc(OC)c2oc1=O. The smallest absolute Gasteiger partial charge is 0.349 e. The third kappa shape index (κ3) is 5.44. The van der Waals surface area contributed by atoms with Crippen molar-refractivity contribution in [3.63, 3.8) is 0 Å². The molecule has 0 radical (unpaired) electrons. The van der Waals surface area contributed by atoms with Gasteiger partial charge in [0.05, 0.1) is 13.7 Å². The number of rotatable bonds is 7. The molecule has 0 unspecified atom stereocenters. The van der Waals surface area contributed by atoms with E-state index in [0.29, 0.717) is 28.1 Å². The van der Waals surface area contributed by atoms with Crippen LogP contribution >= 0.6 is 11.3 Å². The van der Waals surface area contributed by atoms with E-state index >= 15 is 0 Å². The second-order valence-corrected chi connectivity index (χ2v) is 10.5. The highest BCUT2D eigenvalue weighted by Crippen LogP contribution is 2.37. The van der Waals surface area contributed by atoms with Gasteiger partial charge in [0.1, 0.15) is 16.1 Å². The van der Waals surface area contributed by atoms with Crippen LogP contribution in [0.25, 0.3) is 22.1 Å². The Morgan fingerprint density at radius 1 is 1.08 bits per heavy atom. The van der Waals surface area contributed by atoms with Crippen molar-refractivity contribution in [1.29, 1.82) is 0 Å². The summed E-state index contributed by atoms with van der Waals surface area (Å²) >= 11 is 1.20. The highest BCUT2D eigenvalue weighted by Gasteiger charge is 2.25. The molecule has 0 bridgehead atoms. The number of carbonyl (C=O) groups excluding carboxylic acids is 2. The van der Waals surface area contributed by atoms with E-state index in [9.17, 15) is 14.4 Å². The number of esters is 1. The molecule has 8 heteroatoms. The Balaban J connectivity index is 1.72. The number of nitrogens with one attached hydrogen (secondary N) is 1. The summed E-state index contributed by atoms with van der Waals surface area (Å²) in [6.45, 7) is 8.55. The fraction of sp³-hybridized carbons (Fsp3) is 0.276. The number of methoxy groups -OCH3 is 1. The zero-order chi connectivity index (χ0) is 26.7. The Morgan fingerprint density at radius 3 is 2.46 bits per heavy atom. The van der Waals surface area contributed by atoms with Gasteiger partial charge in [-0.1, -0.05) is 64.1 Å². The summed E-state index contributed by atoms with van der Waals surface area (Å²) in [5, 5.41) is 5.37. The van der Waals surface area contributed by atoms with Crippen LogP contribution in [-0.4, -0.2) is 25.6 Å². The summed E-state index contributed by atoms with van der Waals surface area (Å²) in [5.74, 6) is -0.828. The van der Waals surface area contributed by atoms with Crippen LogP contribution in [0, 0.1) is 0 Å². The molecule has 192 valence electrons. The molecule has 0 saturated heterocycles. The van der Waals surface area contributed by atoms with Gasteiger partial charge >= 0.3 is 11.6 Å². The molecule has 4 rings (SSSR count). The number of hydrogen-bond donors (Lipinski definition) is 1. The van der Waals surface area contributed by atoms with Gasteiger partial charge in [-0.05, 0) is 35.1 Å². The molecule has 0 aliphatic rings. The second kappa shape index (κ2) is 10.6. The first-order valence-corrected chi connectivity index (χ1v) is 12.8. The highest BCUT2D eigenvalue weighted by molar-refractivity contribution is 7.15. The summed E-state index contributed by atoms with van der Waals surface area (Å²) in [6.07, 6.45) is 0.661. The van der Waals surface area contributed by atoms with Crippen LogP contribution in [-0.2, 0) is 10.2 Å². The third-order valence-electron chi connectivity index (χ3n) is 5.91. The molecule has 0 atom stereocenters. The quantitative estimate of drug-likeness (QED) is 0.217. The molecule has 0 saturated carbocycles. The van der Waals surface area contributed by atoms with Crippen molar-refractivity contribution in [3.05, 3.63) is 81.0 Å². The van der Waals surface area contributed by atoms with Crippen molar-refractivity contribution in [1.82, 2.24) is 0 Å². The lowest BCUT2D eigenvalue weighted by Gasteiger charge is -2.19. The van der Waals surface area contributed by atoms with Crippen LogP contribution in [0.5, 0.6) is 5.75 Å². The van der Waals surface area contributed by atoms with Crippen LogP contribution in [0.3, 0.4) is 0 Å². The van der Waals surface area contributed by atoms with Gasteiger partial charge in [0, 0.05) is 16.3 Å². The monoisotopic (exact) mass is 519 g/mol. The third-order valence-corrected chi connectivity index (χ3v) is 6.81. The molecule has 0 aliphatic carbocycles. The molecule has 0 aliphatic heterocycles. The number of benzene rings is 2. The molecule has 1 amide bonds. The minimum Gasteiger partial charge on any atom is -0.493 e. The summed E-state index contributed by atoms with van der Waals surface area (Å²) in [4.78, 5) is 38.9. The average Bonchev–Trinajstić information content (AvgIpc) is 3.29. The van der Waals surface area contributed by atoms with Gasteiger partial charge in [-0.3, -0.25) is 4.79 Å². The van der Waals surface area contributed by atoms with Crippen molar-refractivity contribution in [2.75, 3.05) is 19.0 Å². The van der Waals surface area contributed by atoms with E-state index in [1.807, 2.05) is 31.2 Å². The maximum Gasteiger partial charge on any atom is 0.349 e. The van der Waals surface area contributed by atoms with Crippen LogP contribution in [0.4, 0.5) is 5.00 Å². The van der Waals surface area contributed by atoms with E-state index in [0.717, 1.165) is 11.1 Å². The molecule has 2 aromatic heterocycles. The highest BCUT2D eigenvalue weighted by atomic mass is 32.1. The topological polar surface area (TPSA) is 94.8 Å². The Hall–Kier alpha value is -3.91. The lowest BCUT2D eigenvalue weighted by molar-refractivity contribution is 0.0507. The second-order valence-electron chi connectivity index (χ2n) is 9.60. The van der Waals surface area contributed by atoms with Crippen molar-refractivity contribution in [3.8, 4) is 16.9 Å². The average molecular weight is 520 g/mol. The van der Waals surface area contributed by atoms with Gasteiger partial charge in [-0.25, -0.2) is 9.59 Å². The van der Waals surface area contributed by atoms with E-state index in [1.54, 1.807) is 23.6 Å². The van der Waals surface area contributed by atoms with E-state index in [4.69, 9.17) is 13.9 Å². The number of ether oxygens (including phenoxy) is 2. The zero-order valence-electron chi connectivity index (χ0n) is 21.5. The Labute approximate surface area is 219 Å². The first-order chi connectivity index (χ1) is 17.6. The molecule has 2 aromatic carbocycles. The van der Waals surface area contributed by atoms with E-state index < -0.39 is 17.5 Å². The molecule has 0 spiro atoms.